The standard InChI is InChI=1S/C21H22N2O3S2/c1-3-14(2)17-6-4-5-7-18(17)23-19(24)11-26-20(25)10-16-13-28-21(22-16)15-8-9-27-12-15/h4-9,12-14H,3,10-11H2,1-2H3,(H,23,24)/t14-/m1/s1. The number of thiophene rings is 1. The number of hydrogen-bond acceptors (Lipinski definition) is 6. The minimum absolute atomic E-state index is 0.0529. The van der Waals surface area contributed by atoms with Crippen LogP contribution in [0.25, 0.3) is 10.6 Å². The number of nitrogens with one attached hydrogen (secondary N) is 1. The second kappa shape index (κ2) is 9.61. The van der Waals surface area contributed by atoms with Gasteiger partial charge in [-0.15, -0.1) is 11.3 Å². The van der Waals surface area contributed by atoms with Crippen molar-refractivity contribution in [3.63, 3.8) is 0 Å². The molecule has 0 radical (unpaired) electrons. The van der Waals surface area contributed by atoms with Gasteiger partial charge in [0.15, 0.2) is 6.61 Å². The highest BCUT2D eigenvalue weighted by Crippen LogP contribution is 2.27. The van der Waals surface area contributed by atoms with Gasteiger partial charge in [0.2, 0.25) is 0 Å². The molecule has 0 aliphatic heterocycles. The Labute approximate surface area is 172 Å². The lowest BCUT2D eigenvalue weighted by Crippen LogP contribution is -2.22. The van der Waals surface area contributed by atoms with E-state index in [-0.39, 0.29) is 18.9 Å². The van der Waals surface area contributed by atoms with Crippen molar-refractivity contribution in [3.05, 3.63) is 57.7 Å². The number of nitrogens with zero attached hydrogens (tertiary/aromatic N) is 1. The smallest absolute Gasteiger partial charge is 0.312 e. The Morgan fingerprint density at radius 2 is 2.04 bits per heavy atom. The van der Waals surface area contributed by atoms with E-state index in [0.29, 0.717) is 11.6 Å². The minimum atomic E-state index is -0.465. The van der Waals surface area contributed by atoms with Crippen LogP contribution in [0.2, 0.25) is 0 Å². The molecule has 0 aliphatic carbocycles. The van der Waals surface area contributed by atoms with Crippen LogP contribution >= 0.6 is 22.7 Å². The number of benzene rings is 1. The number of rotatable bonds is 8. The number of aromatic nitrogens is 1. The summed E-state index contributed by atoms with van der Waals surface area (Å²) in [4.78, 5) is 28.7. The van der Waals surface area contributed by atoms with E-state index in [0.717, 1.165) is 28.2 Å². The molecule has 0 saturated heterocycles. The lowest BCUT2D eigenvalue weighted by molar-refractivity contribution is -0.146. The fraction of sp³-hybridized carbons (Fsp3) is 0.286. The zero-order valence-electron chi connectivity index (χ0n) is 15.8. The first kappa shape index (κ1) is 20.2. The Kier molecular flexibility index (Phi) is 6.95. The molecule has 5 nitrogen and oxygen atoms in total. The van der Waals surface area contributed by atoms with Gasteiger partial charge in [0.05, 0.1) is 12.1 Å². The molecule has 0 bridgehead atoms. The highest BCUT2D eigenvalue weighted by molar-refractivity contribution is 7.14. The second-order valence-corrected chi connectivity index (χ2v) is 8.08. The monoisotopic (exact) mass is 414 g/mol. The molecule has 28 heavy (non-hydrogen) atoms. The first-order valence-corrected chi connectivity index (χ1v) is 10.9. The summed E-state index contributed by atoms with van der Waals surface area (Å²) in [5, 5.41) is 9.57. The van der Waals surface area contributed by atoms with Crippen molar-refractivity contribution < 1.29 is 14.3 Å². The van der Waals surface area contributed by atoms with Gasteiger partial charge < -0.3 is 10.1 Å². The zero-order valence-corrected chi connectivity index (χ0v) is 17.4. The zero-order chi connectivity index (χ0) is 19.9. The van der Waals surface area contributed by atoms with Crippen LogP contribution in [-0.4, -0.2) is 23.5 Å². The van der Waals surface area contributed by atoms with Crippen LogP contribution < -0.4 is 5.32 Å². The first-order chi connectivity index (χ1) is 13.6. The molecule has 3 rings (SSSR count). The maximum atomic E-state index is 12.2. The lowest BCUT2D eigenvalue weighted by Gasteiger charge is -2.15. The highest BCUT2D eigenvalue weighted by atomic mass is 32.1. The molecule has 1 aromatic carbocycles. The summed E-state index contributed by atoms with van der Waals surface area (Å²) in [5.41, 5.74) is 3.54. The van der Waals surface area contributed by atoms with Crippen molar-refractivity contribution >= 4 is 40.2 Å². The van der Waals surface area contributed by atoms with Crippen LogP contribution in [-0.2, 0) is 20.7 Å². The van der Waals surface area contributed by atoms with Gasteiger partial charge in [0.1, 0.15) is 5.01 Å². The molecule has 146 valence electrons. The quantitative estimate of drug-likeness (QED) is 0.520. The Balaban J connectivity index is 1.50. The van der Waals surface area contributed by atoms with E-state index in [9.17, 15) is 9.59 Å². The summed E-state index contributed by atoms with van der Waals surface area (Å²) in [6, 6.07) is 9.69. The van der Waals surface area contributed by atoms with E-state index in [4.69, 9.17) is 4.74 Å². The third-order valence-electron chi connectivity index (χ3n) is 4.39. The number of anilines is 1. The summed E-state index contributed by atoms with van der Waals surface area (Å²) >= 11 is 3.09. The predicted octanol–water partition coefficient (Wildman–Crippen LogP) is 5.11. The number of esters is 1. The van der Waals surface area contributed by atoms with Gasteiger partial charge >= 0.3 is 5.97 Å². The van der Waals surface area contributed by atoms with Crippen molar-refractivity contribution in [2.24, 2.45) is 0 Å². The van der Waals surface area contributed by atoms with Crippen molar-refractivity contribution in [2.75, 3.05) is 11.9 Å². The predicted molar refractivity (Wildman–Crippen MR) is 114 cm³/mol. The van der Waals surface area contributed by atoms with Gasteiger partial charge in [-0.2, -0.15) is 11.3 Å². The van der Waals surface area contributed by atoms with Crippen molar-refractivity contribution in [3.8, 4) is 10.6 Å². The van der Waals surface area contributed by atoms with Crippen LogP contribution in [0.4, 0.5) is 5.69 Å². The molecular formula is C21H22N2O3S2. The maximum absolute atomic E-state index is 12.2. The summed E-state index contributed by atoms with van der Waals surface area (Å²) in [6.07, 6.45) is 1.03. The molecule has 1 N–H and O–H groups in total. The van der Waals surface area contributed by atoms with Gasteiger partial charge in [0, 0.05) is 22.0 Å². The van der Waals surface area contributed by atoms with Crippen molar-refractivity contribution in [1.29, 1.82) is 0 Å². The second-order valence-electron chi connectivity index (χ2n) is 6.44. The molecular weight excluding hydrogens is 392 g/mol. The maximum Gasteiger partial charge on any atom is 0.312 e. The molecule has 3 aromatic rings. The molecule has 0 fully saturated rings. The summed E-state index contributed by atoms with van der Waals surface area (Å²) in [6.45, 7) is 3.91. The number of para-hydroxylation sites is 1. The molecule has 2 aromatic heterocycles. The number of carbonyl (C=O) groups is 2. The molecule has 2 heterocycles. The van der Waals surface area contributed by atoms with Gasteiger partial charge in [-0.1, -0.05) is 32.0 Å². The van der Waals surface area contributed by atoms with E-state index in [1.54, 1.807) is 11.3 Å². The normalized spacial score (nSPS) is 11.8. The SMILES string of the molecule is CC[C@@H](C)c1ccccc1NC(=O)COC(=O)Cc1csc(-c2ccsc2)n1. The fourth-order valence-electron chi connectivity index (χ4n) is 2.70. The van der Waals surface area contributed by atoms with Crippen molar-refractivity contribution in [2.45, 2.75) is 32.6 Å². The Morgan fingerprint density at radius 1 is 1.21 bits per heavy atom. The van der Waals surface area contributed by atoms with E-state index in [2.05, 4.69) is 24.1 Å². The van der Waals surface area contributed by atoms with Gasteiger partial charge in [-0.3, -0.25) is 9.59 Å². The van der Waals surface area contributed by atoms with Crippen LogP contribution in [0.15, 0.2) is 46.5 Å². The molecule has 7 heteroatoms. The number of hydrogen-bond donors (Lipinski definition) is 1. The highest BCUT2D eigenvalue weighted by Gasteiger charge is 2.14. The third kappa shape index (κ3) is 5.27. The van der Waals surface area contributed by atoms with E-state index >= 15 is 0 Å². The van der Waals surface area contributed by atoms with Gasteiger partial charge in [-0.05, 0) is 35.4 Å². The molecule has 0 unspecified atom stereocenters. The Hall–Kier alpha value is -2.51. The van der Waals surface area contributed by atoms with Crippen LogP contribution in [0.5, 0.6) is 0 Å². The van der Waals surface area contributed by atoms with Gasteiger partial charge in [-0.25, -0.2) is 4.98 Å². The van der Waals surface area contributed by atoms with Crippen molar-refractivity contribution in [1.82, 2.24) is 4.98 Å². The summed E-state index contributed by atoms with van der Waals surface area (Å²) < 4.78 is 5.12. The third-order valence-corrected chi connectivity index (χ3v) is 6.01. The Morgan fingerprint density at radius 3 is 2.79 bits per heavy atom. The lowest BCUT2D eigenvalue weighted by atomic mass is 9.97. The molecule has 1 amide bonds. The number of ether oxygens (including phenoxy) is 1. The van der Waals surface area contributed by atoms with Gasteiger partial charge in [0.25, 0.3) is 5.91 Å². The largest absolute Gasteiger partial charge is 0.455 e. The average molecular weight is 415 g/mol. The number of amides is 1. The molecule has 0 aliphatic rings. The van der Waals surface area contributed by atoms with E-state index < -0.39 is 5.97 Å². The van der Waals surface area contributed by atoms with E-state index in [1.807, 2.05) is 46.5 Å². The van der Waals surface area contributed by atoms with Crippen LogP contribution in [0, 0.1) is 0 Å². The molecule has 0 saturated carbocycles. The number of carbonyl (C=O) groups excluding carboxylic acids is 2. The average Bonchev–Trinajstić information content (AvgIpc) is 3.38. The number of thiazole rings is 1. The molecule has 0 spiro atoms. The topological polar surface area (TPSA) is 68.3 Å². The van der Waals surface area contributed by atoms with E-state index in [1.165, 1.54) is 11.3 Å². The minimum Gasteiger partial charge on any atom is -0.455 e. The molecule has 1 atom stereocenters. The van der Waals surface area contributed by atoms with Crippen LogP contribution in [0.1, 0.15) is 37.4 Å². The van der Waals surface area contributed by atoms with Crippen LogP contribution in [0.3, 0.4) is 0 Å². The first-order valence-electron chi connectivity index (χ1n) is 9.08. The fourth-order valence-corrected chi connectivity index (χ4v) is 4.23. The summed E-state index contributed by atoms with van der Waals surface area (Å²) in [5.74, 6) is -0.477. The Bertz CT molecular complexity index is 935. The summed E-state index contributed by atoms with van der Waals surface area (Å²) in [7, 11) is 0.